The summed E-state index contributed by atoms with van der Waals surface area (Å²) in [5.74, 6) is -0.372. The van der Waals surface area contributed by atoms with E-state index in [1.165, 1.54) is 22.9 Å². The summed E-state index contributed by atoms with van der Waals surface area (Å²) in [5, 5.41) is 11.2. The summed E-state index contributed by atoms with van der Waals surface area (Å²) >= 11 is 1.17. The quantitative estimate of drug-likeness (QED) is 0.539. The lowest BCUT2D eigenvalue weighted by Gasteiger charge is -2.02. The van der Waals surface area contributed by atoms with Crippen molar-refractivity contribution < 1.29 is 9.59 Å². The SMILES string of the molecule is CC(=O)c1sc(NC(=O)Cn2nnc3ccccc32)nc1-c1ccccc1. The standard InChI is InChI=1S/C19H15N5O2S/c1-12(25)18-17(13-7-3-2-4-8-13)21-19(27-18)20-16(26)11-24-15-10-6-5-9-14(15)22-23-24/h2-10H,11H2,1H3,(H,20,21,26). The van der Waals surface area contributed by atoms with Crippen LogP contribution in [0, 0.1) is 0 Å². The molecule has 1 N–H and O–H groups in total. The Kier molecular flexibility index (Phi) is 4.47. The average molecular weight is 377 g/mol. The van der Waals surface area contributed by atoms with Gasteiger partial charge in [-0.25, -0.2) is 9.67 Å². The maximum Gasteiger partial charge on any atom is 0.247 e. The normalized spacial score (nSPS) is 10.9. The molecule has 0 aliphatic heterocycles. The van der Waals surface area contributed by atoms with Crippen LogP contribution >= 0.6 is 11.3 Å². The molecule has 134 valence electrons. The number of Topliss-reactive ketones (excluding diaryl/α,β-unsaturated/α-hetero) is 1. The van der Waals surface area contributed by atoms with Gasteiger partial charge in [-0.05, 0) is 12.1 Å². The van der Waals surface area contributed by atoms with Crippen LogP contribution in [-0.4, -0.2) is 31.7 Å². The number of thiazole rings is 1. The van der Waals surface area contributed by atoms with E-state index < -0.39 is 0 Å². The number of carbonyl (C=O) groups excluding carboxylic acids is 2. The molecule has 2 heterocycles. The Morgan fingerprint density at radius 1 is 1.07 bits per heavy atom. The molecule has 2 aromatic carbocycles. The van der Waals surface area contributed by atoms with Crippen molar-refractivity contribution in [3.05, 3.63) is 59.5 Å². The molecule has 0 saturated carbocycles. The summed E-state index contributed by atoms with van der Waals surface area (Å²) < 4.78 is 1.53. The topological polar surface area (TPSA) is 89.8 Å². The first kappa shape index (κ1) is 17.0. The van der Waals surface area contributed by atoms with Gasteiger partial charge in [0.15, 0.2) is 10.9 Å². The van der Waals surface area contributed by atoms with E-state index >= 15 is 0 Å². The first-order chi connectivity index (χ1) is 13.1. The molecular formula is C19H15N5O2S. The molecule has 27 heavy (non-hydrogen) atoms. The molecular weight excluding hydrogens is 362 g/mol. The van der Waals surface area contributed by atoms with Crippen molar-refractivity contribution in [2.75, 3.05) is 5.32 Å². The highest BCUT2D eigenvalue weighted by atomic mass is 32.1. The Morgan fingerprint density at radius 3 is 2.59 bits per heavy atom. The third-order valence-electron chi connectivity index (χ3n) is 3.95. The van der Waals surface area contributed by atoms with Gasteiger partial charge in [0.2, 0.25) is 5.91 Å². The molecule has 0 spiro atoms. The van der Waals surface area contributed by atoms with Crippen molar-refractivity contribution in [2.24, 2.45) is 0 Å². The lowest BCUT2D eigenvalue weighted by Crippen LogP contribution is -2.19. The van der Waals surface area contributed by atoms with Gasteiger partial charge in [-0.3, -0.25) is 9.59 Å². The summed E-state index contributed by atoms with van der Waals surface area (Å²) in [6, 6.07) is 16.9. The number of fused-ring (bicyclic) bond motifs is 1. The Hall–Kier alpha value is -3.39. The number of para-hydroxylation sites is 1. The van der Waals surface area contributed by atoms with E-state index in [4.69, 9.17) is 0 Å². The van der Waals surface area contributed by atoms with Crippen LogP contribution in [0.25, 0.3) is 22.3 Å². The third-order valence-corrected chi connectivity index (χ3v) is 5.03. The second kappa shape index (κ2) is 7.08. The van der Waals surface area contributed by atoms with Crippen molar-refractivity contribution >= 4 is 39.2 Å². The number of amides is 1. The first-order valence-electron chi connectivity index (χ1n) is 8.27. The zero-order chi connectivity index (χ0) is 18.8. The number of anilines is 1. The van der Waals surface area contributed by atoms with Crippen molar-refractivity contribution in [1.82, 2.24) is 20.0 Å². The lowest BCUT2D eigenvalue weighted by atomic mass is 10.1. The van der Waals surface area contributed by atoms with E-state index in [1.807, 2.05) is 54.6 Å². The predicted octanol–water partition coefficient (Wildman–Crippen LogP) is 3.40. The maximum atomic E-state index is 12.4. The molecule has 7 nitrogen and oxygen atoms in total. The second-order valence-corrected chi connectivity index (χ2v) is 6.90. The highest BCUT2D eigenvalue weighted by molar-refractivity contribution is 7.18. The van der Waals surface area contributed by atoms with Gasteiger partial charge in [0.25, 0.3) is 0 Å². The van der Waals surface area contributed by atoms with Gasteiger partial charge in [0.1, 0.15) is 12.1 Å². The Labute approximate surface area is 158 Å². The average Bonchev–Trinajstić information content (AvgIpc) is 3.27. The Morgan fingerprint density at radius 2 is 1.81 bits per heavy atom. The largest absolute Gasteiger partial charge is 0.300 e. The smallest absolute Gasteiger partial charge is 0.247 e. The van der Waals surface area contributed by atoms with Gasteiger partial charge < -0.3 is 5.32 Å². The fourth-order valence-electron chi connectivity index (χ4n) is 2.73. The highest BCUT2D eigenvalue weighted by Gasteiger charge is 2.18. The molecule has 0 unspecified atom stereocenters. The van der Waals surface area contributed by atoms with Crippen LogP contribution < -0.4 is 5.32 Å². The van der Waals surface area contributed by atoms with E-state index in [0.29, 0.717) is 15.7 Å². The molecule has 0 aliphatic carbocycles. The molecule has 0 fully saturated rings. The van der Waals surface area contributed by atoms with Crippen molar-refractivity contribution in [2.45, 2.75) is 13.5 Å². The molecule has 4 rings (SSSR count). The molecule has 2 aromatic heterocycles. The number of aromatic nitrogens is 4. The van der Waals surface area contributed by atoms with Crippen LogP contribution in [0.3, 0.4) is 0 Å². The van der Waals surface area contributed by atoms with Crippen molar-refractivity contribution in [1.29, 1.82) is 0 Å². The van der Waals surface area contributed by atoms with E-state index in [2.05, 4.69) is 20.6 Å². The second-order valence-electron chi connectivity index (χ2n) is 5.90. The molecule has 0 atom stereocenters. The molecule has 8 heteroatoms. The van der Waals surface area contributed by atoms with Crippen LogP contribution in [0.4, 0.5) is 5.13 Å². The summed E-state index contributed by atoms with van der Waals surface area (Å²) in [6.45, 7) is 1.50. The van der Waals surface area contributed by atoms with E-state index in [9.17, 15) is 9.59 Å². The number of benzene rings is 2. The molecule has 0 bridgehead atoms. The zero-order valence-corrected chi connectivity index (χ0v) is 15.2. The number of carbonyl (C=O) groups is 2. The Balaban J connectivity index is 1.57. The molecule has 0 radical (unpaired) electrons. The third kappa shape index (κ3) is 3.47. The molecule has 0 saturated heterocycles. The van der Waals surface area contributed by atoms with Crippen molar-refractivity contribution in [3.63, 3.8) is 0 Å². The van der Waals surface area contributed by atoms with Crippen LogP contribution in [0.5, 0.6) is 0 Å². The van der Waals surface area contributed by atoms with Gasteiger partial charge in [-0.1, -0.05) is 59.0 Å². The summed E-state index contributed by atoms with van der Waals surface area (Å²) in [4.78, 5) is 29.4. The van der Waals surface area contributed by atoms with E-state index in [0.717, 1.165) is 16.6 Å². The summed E-state index contributed by atoms with van der Waals surface area (Å²) in [7, 11) is 0. The van der Waals surface area contributed by atoms with Gasteiger partial charge in [-0.15, -0.1) is 5.10 Å². The molecule has 1 amide bonds. The maximum absolute atomic E-state index is 12.4. The number of rotatable bonds is 5. The van der Waals surface area contributed by atoms with Gasteiger partial charge in [-0.2, -0.15) is 0 Å². The number of nitrogens with one attached hydrogen (secondary N) is 1. The number of nitrogens with zero attached hydrogens (tertiary/aromatic N) is 4. The first-order valence-corrected chi connectivity index (χ1v) is 9.09. The minimum absolute atomic E-state index is 0.0101. The van der Waals surface area contributed by atoms with Crippen LogP contribution in [-0.2, 0) is 11.3 Å². The number of hydrogen-bond acceptors (Lipinski definition) is 6. The molecule has 0 aliphatic rings. The van der Waals surface area contributed by atoms with Gasteiger partial charge in [0.05, 0.1) is 16.1 Å². The monoisotopic (exact) mass is 377 g/mol. The highest BCUT2D eigenvalue weighted by Crippen LogP contribution is 2.31. The minimum Gasteiger partial charge on any atom is -0.300 e. The van der Waals surface area contributed by atoms with Crippen LogP contribution in [0.2, 0.25) is 0 Å². The fourth-order valence-corrected chi connectivity index (χ4v) is 3.63. The molecule has 4 aromatic rings. The van der Waals surface area contributed by atoms with Crippen molar-refractivity contribution in [3.8, 4) is 11.3 Å². The fraction of sp³-hybridized carbons (Fsp3) is 0.105. The zero-order valence-electron chi connectivity index (χ0n) is 14.4. The lowest BCUT2D eigenvalue weighted by molar-refractivity contribution is -0.116. The van der Waals surface area contributed by atoms with Gasteiger partial charge >= 0.3 is 0 Å². The minimum atomic E-state index is -0.283. The number of hydrogen-bond donors (Lipinski definition) is 1. The Bertz CT molecular complexity index is 1130. The van der Waals surface area contributed by atoms with E-state index in [1.54, 1.807) is 0 Å². The number of ketones is 1. The van der Waals surface area contributed by atoms with Crippen LogP contribution in [0.1, 0.15) is 16.6 Å². The van der Waals surface area contributed by atoms with Gasteiger partial charge in [0, 0.05) is 12.5 Å². The van der Waals surface area contributed by atoms with E-state index in [-0.39, 0.29) is 18.2 Å². The van der Waals surface area contributed by atoms with Crippen LogP contribution in [0.15, 0.2) is 54.6 Å². The summed E-state index contributed by atoms with van der Waals surface area (Å²) in [6.07, 6.45) is 0. The predicted molar refractivity (Wildman–Crippen MR) is 104 cm³/mol. The summed E-state index contributed by atoms with van der Waals surface area (Å²) in [5.41, 5.74) is 2.92.